The Hall–Kier alpha value is -1.10. The lowest BCUT2D eigenvalue weighted by molar-refractivity contribution is -0.151. The van der Waals surface area contributed by atoms with Crippen molar-refractivity contribution in [2.24, 2.45) is 23.5 Å². The van der Waals surface area contributed by atoms with Crippen molar-refractivity contribution in [2.75, 3.05) is 6.54 Å². The van der Waals surface area contributed by atoms with Gasteiger partial charge < -0.3 is 16.2 Å². The van der Waals surface area contributed by atoms with Crippen LogP contribution >= 0.6 is 0 Å². The lowest BCUT2D eigenvalue weighted by Gasteiger charge is -2.38. The van der Waals surface area contributed by atoms with Crippen LogP contribution in [0.25, 0.3) is 0 Å². The first-order valence-corrected chi connectivity index (χ1v) is 7.74. The molecule has 5 heteroatoms. The quantitative estimate of drug-likeness (QED) is 0.728. The van der Waals surface area contributed by atoms with Crippen molar-refractivity contribution in [1.29, 1.82) is 0 Å². The summed E-state index contributed by atoms with van der Waals surface area (Å²) in [4.78, 5) is 24.2. The highest BCUT2D eigenvalue weighted by molar-refractivity contribution is 5.88. The second-order valence-corrected chi connectivity index (χ2v) is 6.61. The molecule has 4 unspecified atom stereocenters. The summed E-state index contributed by atoms with van der Waals surface area (Å²) in [6.45, 7) is 2.57. The molecule has 0 radical (unpaired) electrons. The van der Waals surface area contributed by atoms with Gasteiger partial charge in [0.05, 0.1) is 0 Å². The summed E-state index contributed by atoms with van der Waals surface area (Å²) < 4.78 is 0. The van der Waals surface area contributed by atoms with Crippen molar-refractivity contribution in [3.63, 3.8) is 0 Å². The van der Waals surface area contributed by atoms with E-state index in [1.165, 1.54) is 0 Å². The molecule has 2 rings (SSSR count). The van der Waals surface area contributed by atoms with Gasteiger partial charge in [-0.1, -0.05) is 26.2 Å². The van der Waals surface area contributed by atoms with E-state index < -0.39 is 11.5 Å². The maximum absolute atomic E-state index is 12.5. The topological polar surface area (TPSA) is 92.4 Å². The van der Waals surface area contributed by atoms with E-state index >= 15 is 0 Å². The Kier molecular flexibility index (Phi) is 4.68. The molecule has 4 N–H and O–H groups in total. The van der Waals surface area contributed by atoms with Crippen LogP contribution in [0.2, 0.25) is 0 Å². The van der Waals surface area contributed by atoms with Gasteiger partial charge in [-0.15, -0.1) is 0 Å². The van der Waals surface area contributed by atoms with E-state index in [0.29, 0.717) is 25.3 Å². The summed E-state index contributed by atoms with van der Waals surface area (Å²) in [6, 6.07) is 0. The summed E-state index contributed by atoms with van der Waals surface area (Å²) in [6.07, 6.45) is 5.80. The van der Waals surface area contributed by atoms with Crippen LogP contribution in [0.5, 0.6) is 0 Å². The number of carboxylic acids is 1. The Morgan fingerprint density at radius 3 is 2.65 bits per heavy atom. The molecule has 2 fully saturated rings. The molecule has 0 saturated heterocycles. The molecule has 20 heavy (non-hydrogen) atoms. The number of carboxylic acid groups (broad SMARTS) is 1. The fourth-order valence-corrected chi connectivity index (χ4v) is 3.91. The molecule has 2 saturated carbocycles. The standard InChI is InChI=1S/C15H26N2O3/c1-10-4-3-7-15(8-10,14(19)20)17-13(18)12-6-2-5-11(12)9-16/h10-12H,2-9,16H2,1H3,(H,17,18)(H,19,20). The number of nitrogens with one attached hydrogen (secondary N) is 1. The summed E-state index contributed by atoms with van der Waals surface area (Å²) in [5.41, 5.74) is 4.65. The van der Waals surface area contributed by atoms with Crippen LogP contribution < -0.4 is 11.1 Å². The number of aliphatic carboxylic acids is 1. The van der Waals surface area contributed by atoms with Gasteiger partial charge in [-0.3, -0.25) is 4.79 Å². The molecule has 0 aliphatic heterocycles. The van der Waals surface area contributed by atoms with Gasteiger partial charge >= 0.3 is 5.97 Å². The van der Waals surface area contributed by atoms with Gasteiger partial charge in [-0.05, 0) is 44.1 Å². The van der Waals surface area contributed by atoms with E-state index in [1.54, 1.807) is 0 Å². The lowest BCUT2D eigenvalue weighted by atomic mass is 9.76. The Balaban J connectivity index is 2.08. The van der Waals surface area contributed by atoms with Crippen LogP contribution in [0.3, 0.4) is 0 Å². The lowest BCUT2D eigenvalue weighted by Crippen LogP contribution is -2.58. The van der Waals surface area contributed by atoms with Gasteiger partial charge in [-0.25, -0.2) is 4.79 Å². The molecule has 0 heterocycles. The second kappa shape index (κ2) is 6.12. The Morgan fingerprint density at radius 1 is 1.30 bits per heavy atom. The minimum absolute atomic E-state index is 0.102. The van der Waals surface area contributed by atoms with Crippen molar-refractivity contribution in [3.8, 4) is 0 Å². The average molecular weight is 282 g/mol. The van der Waals surface area contributed by atoms with E-state index in [4.69, 9.17) is 5.73 Å². The molecular formula is C15H26N2O3. The third kappa shape index (κ3) is 2.97. The number of carbonyl (C=O) groups is 2. The van der Waals surface area contributed by atoms with E-state index in [1.807, 2.05) is 0 Å². The monoisotopic (exact) mass is 282 g/mol. The molecule has 4 atom stereocenters. The Morgan fingerprint density at radius 2 is 2.05 bits per heavy atom. The van der Waals surface area contributed by atoms with Crippen LogP contribution in [-0.4, -0.2) is 29.1 Å². The molecule has 0 bridgehead atoms. The number of rotatable bonds is 4. The second-order valence-electron chi connectivity index (χ2n) is 6.61. The number of nitrogens with two attached hydrogens (primary N) is 1. The average Bonchev–Trinajstić information content (AvgIpc) is 2.86. The highest BCUT2D eigenvalue weighted by Crippen LogP contribution is 2.35. The predicted octanol–water partition coefficient (Wildman–Crippen LogP) is 1.51. The first-order valence-electron chi connectivity index (χ1n) is 7.74. The number of hydrogen-bond acceptors (Lipinski definition) is 3. The Labute approximate surface area is 120 Å². The number of hydrogen-bond donors (Lipinski definition) is 3. The van der Waals surface area contributed by atoms with Gasteiger partial charge in [0.2, 0.25) is 5.91 Å². The molecule has 2 aliphatic carbocycles. The molecule has 1 amide bonds. The smallest absolute Gasteiger partial charge is 0.329 e. The predicted molar refractivity (Wildman–Crippen MR) is 76.0 cm³/mol. The molecule has 0 aromatic rings. The number of carbonyl (C=O) groups excluding carboxylic acids is 1. The van der Waals surface area contributed by atoms with Crippen molar-refractivity contribution in [2.45, 2.75) is 57.4 Å². The number of amides is 1. The van der Waals surface area contributed by atoms with Crippen LogP contribution in [-0.2, 0) is 9.59 Å². The van der Waals surface area contributed by atoms with Crippen molar-refractivity contribution < 1.29 is 14.7 Å². The summed E-state index contributed by atoms with van der Waals surface area (Å²) in [7, 11) is 0. The highest BCUT2D eigenvalue weighted by Gasteiger charge is 2.45. The summed E-state index contributed by atoms with van der Waals surface area (Å²) >= 11 is 0. The fourth-order valence-electron chi connectivity index (χ4n) is 3.91. The molecule has 2 aliphatic rings. The van der Waals surface area contributed by atoms with Gasteiger partial charge in [-0.2, -0.15) is 0 Å². The van der Waals surface area contributed by atoms with E-state index in [2.05, 4.69) is 12.2 Å². The van der Waals surface area contributed by atoms with Crippen molar-refractivity contribution in [3.05, 3.63) is 0 Å². The zero-order chi connectivity index (χ0) is 14.8. The van der Waals surface area contributed by atoms with Gasteiger partial charge in [0.15, 0.2) is 0 Å². The van der Waals surface area contributed by atoms with Crippen LogP contribution in [0, 0.1) is 17.8 Å². The fraction of sp³-hybridized carbons (Fsp3) is 0.867. The van der Waals surface area contributed by atoms with Gasteiger partial charge in [0, 0.05) is 5.92 Å². The highest BCUT2D eigenvalue weighted by atomic mass is 16.4. The zero-order valence-corrected chi connectivity index (χ0v) is 12.2. The molecule has 0 aromatic carbocycles. The summed E-state index contributed by atoms with van der Waals surface area (Å²) in [5, 5.41) is 12.5. The third-order valence-corrected chi connectivity index (χ3v) is 5.07. The van der Waals surface area contributed by atoms with Gasteiger partial charge in [0.25, 0.3) is 0 Å². The minimum atomic E-state index is -1.06. The van der Waals surface area contributed by atoms with Crippen molar-refractivity contribution in [1.82, 2.24) is 5.32 Å². The first kappa shape index (κ1) is 15.3. The summed E-state index contributed by atoms with van der Waals surface area (Å²) in [5.74, 6) is -0.543. The van der Waals surface area contributed by atoms with Crippen molar-refractivity contribution >= 4 is 11.9 Å². The molecule has 5 nitrogen and oxygen atoms in total. The Bertz CT molecular complexity index is 385. The first-order chi connectivity index (χ1) is 9.48. The molecule has 114 valence electrons. The largest absolute Gasteiger partial charge is 0.480 e. The third-order valence-electron chi connectivity index (χ3n) is 5.07. The molecule has 0 spiro atoms. The van der Waals surface area contributed by atoms with Crippen LogP contribution in [0.15, 0.2) is 0 Å². The molecular weight excluding hydrogens is 256 g/mol. The van der Waals surface area contributed by atoms with E-state index in [-0.39, 0.29) is 17.7 Å². The van der Waals surface area contributed by atoms with E-state index in [0.717, 1.165) is 32.1 Å². The SMILES string of the molecule is CC1CCCC(NC(=O)C2CCCC2CN)(C(=O)O)C1. The minimum Gasteiger partial charge on any atom is -0.480 e. The van der Waals surface area contributed by atoms with Gasteiger partial charge in [0.1, 0.15) is 5.54 Å². The zero-order valence-electron chi connectivity index (χ0n) is 12.2. The van der Waals surface area contributed by atoms with E-state index in [9.17, 15) is 14.7 Å². The van der Waals surface area contributed by atoms with Crippen LogP contribution in [0.1, 0.15) is 51.9 Å². The maximum atomic E-state index is 12.5. The molecule has 0 aromatic heterocycles. The maximum Gasteiger partial charge on any atom is 0.329 e. The van der Waals surface area contributed by atoms with Crippen LogP contribution in [0.4, 0.5) is 0 Å². The normalized spacial score (nSPS) is 37.6.